The molecule has 1 heterocycles. The lowest BCUT2D eigenvalue weighted by Crippen LogP contribution is -2.50. The molecule has 5 nitrogen and oxygen atoms in total. The maximum atomic E-state index is 12.1. The predicted molar refractivity (Wildman–Crippen MR) is 87.4 cm³/mol. The number of carbonyl (C=O) groups excluding carboxylic acids is 1. The van der Waals surface area contributed by atoms with Crippen LogP contribution in [0.1, 0.15) is 13.8 Å². The van der Waals surface area contributed by atoms with Crippen LogP contribution in [0.5, 0.6) is 0 Å². The first kappa shape index (κ1) is 15.6. The minimum atomic E-state index is 0.229. The van der Waals surface area contributed by atoms with Gasteiger partial charge in [0.05, 0.1) is 17.9 Å². The van der Waals surface area contributed by atoms with Crippen LogP contribution in [0.25, 0.3) is 0 Å². The highest BCUT2D eigenvalue weighted by Gasteiger charge is 2.21. The highest BCUT2D eigenvalue weighted by Crippen LogP contribution is 2.23. The molecule has 1 aromatic carbocycles. The van der Waals surface area contributed by atoms with Gasteiger partial charge in [0, 0.05) is 39.3 Å². The van der Waals surface area contributed by atoms with E-state index in [1.807, 2.05) is 36.9 Å². The van der Waals surface area contributed by atoms with Gasteiger partial charge in [-0.05, 0) is 26.0 Å². The van der Waals surface area contributed by atoms with Crippen molar-refractivity contribution >= 4 is 17.3 Å². The standard InChI is InChI=1S/C16H26N4O/c1-3-19(4-2)16(21)13-18-9-11-20(12-10-18)15-8-6-5-7-14(15)17/h5-8H,3-4,9-13,17H2,1-2H3. The highest BCUT2D eigenvalue weighted by atomic mass is 16.2. The van der Waals surface area contributed by atoms with Gasteiger partial charge in [0.1, 0.15) is 0 Å². The lowest BCUT2D eigenvalue weighted by atomic mass is 10.2. The molecule has 1 fully saturated rings. The van der Waals surface area contributed by atoms with Gasteiger partial charge < -0.3 is 15.5 Å². The lowest BCUT2D eigenvalue weighted by molar-refractivity contribution is -0.132. The first-order chi connectivity index (χ1) is 10.2. The second-order valence-electron chi connectivity index (χ2n) is 5.39. The predicted octanol–water partition coefficient (Wildman–Crippen LogP) is 1.26. The van der Waals surface area contributed by atoms with Crippen LogP contribution in [0.3, 0.4) is 0 Å². The Morgan fingerprint density at radius 1 is 1.14 bits per heavy atom. The van der Waals surface area contributed by atoms with Gasteiger partial charge >= 0.3 is 0 Å². The number of hydrogen-bond donors (Lipinski definition) is 1. The third kappa shape index (κ3) is 3.88. The number of benzene rings is 1. The summed E-state index contributed by atoms with van der Waals surface area (Å²) >= 11 is 0. The van der Waals surface area contributed by atoms with Crippen molar-refractivity contribution in [3.8, 4) is 0 Å². The van der Waals surface area contributed by atoms with Crippen molar-refractivity contribution in [3.63, 3.8) is 0 Å². The van der Waals surface area contributed by atoms with Crippen LogP contribution in [0.2, 0.25) is 0 Å². The van der Waals surface area contributed by atoms with Gasteiger partial charge in [0.2, 0.25) is 5.91 Å². The molecule has 21 heavy (non-hydrogen) atoms. The van der Waals surface area contributed by atoms with Crippen molar-refractivity contribution in [2.24, 2.45) is 0 Å². The molecule has 0 saturated carbocycles. The number of anilines is 2. The topological polar surface area (TPSA) is 52.8 Å². The number of hydrogen-bond acceptors (Lipinski definition) is 4. The normalized spacial score (nSPS) is 16.0. The molecule has 0 aromatic heterocycles. The van der Waals surface area contributed by atoms with E-state index in [2.05, 4.69) is 15.9 Å². The number of amides is 1. The van der Waals surface area contributed by atoms with Crippen molar-refractivity contribution < 1.29 is 4.79 Å². The van der Waals surface area contributed by atoms with Crippen LogP contribution in [0.15, 0.2) is 24.3 Å². The van der Waals surface area contributed by atoms with E-state index in [-0.39, 0.29) is 5.91 Å². The Bertz CT molecular complexity index is 465. The van der Waals surface area contributed by atoms with Crippen molar-refractivity contribution in [2.75, 3.05) is 56.4 Å². The monoisotopic (exact) mass is 290 g/mol. The van der Waals surface area contributed by atoms with Crippen molar-refractivity contribution in [1.29, 1.82) is 0 Å². The molecule has 1 aliphatic heterocycles. The average Bonchev–Trinajstić information content (AvgIpc) is 2.50. The summed E-state index contributed by atoms with van der Waals surface area (Å²) in [5, 5.41) is 0. The molecule has 116 valence electrons. The first-order valence-electron chi connectivity index (χ1n) is 7.75. The molecule has 2 rings (SSSR count). The van der Waals surface area contributed by atoms with Crippen LogP contribution in [0.4, 0.5) is 11.4 Å². The molecule has 1 amide bonds. The largest absolute Gasteiger partial charge is 0.397 e. The van der Waals surface area contributed by atoms with Gasteiger partial charge in [-0.1, -0.05) is 12.1 Å². The van der Waals surface area contributed by atoms with Gasteiger partial charge in [-0.2, -0.15) is 0 Å². The maximum Gasteiger partial charge on any atom is 0.236 e. The summed E-state index contributed by atoms with van der Waals surface area (Å²) in [5.41, 5.74) is 7.95. The van der Waals surface area contributed by atoms with E-state index in [0.717, 1.165) is 50.6 Å². The van der Waals surface area contributed by atoms with E-state index < -0.39 is 0 Å². The Kier molecular flexibility index (Phi) is 5.44. The fourth-order valence-electron chi connectivity index (χ4n) is 2.79. The summed E-state index contributed by atoms with van der Waals surface area (Å²) in [4.78, 5) is 18.6. The van der Waals surface area contributed by atoms with Crippen LogP contribution in [-0.2, 0) is 4.79 Å². The molecule has 0 unspecified atom stereocenters. The molecule has 0 atom stereocenters. The molecule has 0 bridgehead atoms. The zero-order valence-electron chi connectivity index (χ0n) is 13.1. The zero-order valence-corrected chi connectivity index (χ0v) is 13.1. The molecule has 1 aliphatic rings. The lowest BCUT2D eigenvalue weighted by Gasteiger charge is -2.36. The molecule has 0 aliphatic carbocycles. The number of likely N-dealkylation sites (N-methyl/N-ethyl adjacent to an activating group) is 1. The molecular formula is C16H26N4O. The number of carbonyl (C=O) groups is 1. The van der Waals surface area contributed by atoms with E-state index in [1.165, 1.54) is 0 Å². The Hall–Kier alpha value is -1.75. The molecule has 0 radical (unpaired) electrons. The third-order valence-corrected chi connectivity index (χ3v) is 4.12. The van der Waals surface area contributed by atoms with Crippen molar-refractivity contribution in [2.45, 2.75) is 13.8 Å². The molecule has 1 aromatic rings. The van der Waals surface area contributed by atoms with Crippen LogP contribution < -0.4 is 10.6 Å². The highest BCUT2D eigenvalue weighted by molar-refractivity contribution is 5.78. The molecular weight excluding hydrogens is 264 g/mol. The zero-order chi connectivity index (χ0) is 15.2. The fraction of sp³-hybridized carbons (Fsp3) is 0.562. The second kappa shape index (κ2) is 7.31. The summed E-state index contributed by atoms with van der Waals surface area (Å²) in [7, 11) is 0. The third-order valence-electron chi connectivity index (χ3n) is 4.12. The van der Waals surface area contributed by atoms with Gasteiger partial charge in [-0.25, -0.2) is 0 Å². The molecule has 2 N–H and O–H groups in total. The molecule has 1 saturated heterocycles. The number of nitrogen functional groups attached to an aromatic ring is 1. The minimum Gasteiger partial charge on any atom is -0.397 e. The SMILES string of the molecule is CCN(CC)C(=O)CN1CCN(c2ccccc2N)CC1. The van der Waals surface area contributed by atoms with Crippen molar-refractivity contribution in [1.82, 2.24) is 9.80 Å². The van der Waals surface area contributed by atoms with Gasteiger partial charge in [0.25, 0.3) is 0 Å². The Balaban J connectivity index is 1.86. The summed E-state index contributed by atoms with van der Waals surface area (Å²) in [5.74, 6) is 0.229. The minimum absolute atomic E-state index is 0.229. The summed E-state index contributed by atoms with van der Waals surface area (Å²) in [6.07, 6.45) is 0. The number of nitrogens with two attached hydrogens (primary N) is 1. The molecule has 0 spiro atoms. The number of para-hydroxylation sites is 2. The Morgan fingerprint density at radius 2 is 1.76 bits per heavy atom. The van der Waals surface area contributed by atoms with Crippen LogP contribution in [0, 0.1) is 0 Å². The quantitative estimate of drug-likeness (QED) is 0.830. The number of piperazine rings is 1. The van der Waals surface area contributed by atoms with E-state index >= 15 is 0 Å². The van der Waals surface area contributed by atoms with E-state index in [9.17, 15) is 4.79 Å². The Labute approximate surface area is 127 Å². The summed E-state index contributed by atoms with van der Waals surface area (Å²) < 4.78 is 0. The van der Waals surface area contributed by atoms with Crippen LogP contribution >= 0.6 is 0 Å². The second-order valence-corrected chi connectivity index (χ2v) is 5.39. The smallest absolute Gasteiger partial charge is 0.236 e. The van der Waals surface area contributed by atoms with E-state index in [1.54, 1.807) is 0 Å². The van der Waals surface area contributed by atoms with Gasteiger partial charge in [0.15, 0.2) is 0 Å². The molecule has 5 heteroatoms. The first-order valence-corrected chi connectivity index (χ1v) is 7.75. The Morgan fingerprint density at radius 3 is 2.33 bits per heavy atom. The fourth-order valence-corrected chi connectivity index (χ4v) is 2.79. The summed E-state index contributed by atoms with van der Waals surface area (Å²) in [6.45, 7) is 9.79. The number of rotatable bonds is 5. The van der Waals surface area contributed by atoms with E-state index in [4.69, 9.17) is 5.73 Å². The summed E-state index contributed by atoms with van der Waals surface area (Å²) in [6, 6.07) is 7.97. The van der Waals surface area contributed by atoms with E-state index in [0.29, 0.717) is 6.54 Å². The van der Waals surface area contributed by atoms with Crippen molar-refractivity contribution in [3.05, 3.63) is 24.3 Å². The number of nitrogens with zero attached hydrogens (tertiary/aromatic N) is 3. The average molecular weight is 290 g/mol. The van der Waals surface area contributed by atoms with Gasteiger partial charge in [-0.15, -0.1) is 0 Å². The maximum absolute atomic E-state index is 12.1. The van der Waals surface area contributed by atoms with Gasteiger partial charge in [-0.3, -0.25) is 9.69 Å². The van der Waals surface area contributed by atoms with Crippen LogP contribution in [-0.4, -0.2) is 61.5 Å².